The Balaban J connectivity index is 1.96. The Morgan fingerprint density at radius 2 is 2.05 bits per heavy atom. The van der Waals surface area contributed by atoms with Crippen molar-refractivity contribution in [1.29, 1.82) is 0 Å². The van der Waals surface area contributed by atoms with Gasteiger partial charge in [-0.05, 0) is 17.7 Å². The Labute approximate surface area is 122 Å². The minimum atomic E-state index is 0.0256. The summed E-state index contributed by atoms with van der Waals surface area (Å²) in [5, 5.41) is 4.18. The van der Waals surface area contributed by atoms with E-state index >= 15 is 0 Å². The maximum absolute atomic E-state index is 5.72. The van der Waals surface area contributed by atoms with Crippen molar-refractivity contribution in [3.63, 3.8) is 0 Å². The van der Waals surface area contributed by atoms with E-state index in [-0.39, 0.29) is 5.92 Å². The Morgan fingerprint density at radius 1 is 1.19 bits per heavy atom. The summed E-state index contributed by atoms with van der Waals surface area (Å²) in [5.74, 6) is 1.20. The maximum atomic E-state index is 5.72. The van der Waals surface area contributed by atoms with E-state index in [1.807, 2.05) is 38.8 Å². The zero-order valence-corrected chi connectivity index (χ0v) is 11.9. The van der Waals surface area contributed by atoms with Crippen LogP contribution in [-0.2, 0) is 7.05 Å². The molecule has 0 unspecified atom stereocenters. The molecule has 0 bridgehead atoms. The number of aryl methyl sites for hydroxylation is 1. The van der Waals surface area contributed by atoms with Crippen molar-refractivity contribution in [3.05, 3.63) is 54.5 Å². The van der Waals surface area contributed by atoms with Crippen LogP contribution in [0.2, 0.25) is 0 Å². The smallest absolute Gasteiger partial charge is 0.137 e. The highest BCUT2D eigenvalue weighted by Gasteiger charge is 2.13. The molecule has 0 spiro atoms. The van der Waals surface area contributed by atoms with Gasteiger partial charge in [0.1, 0.15) is 11.6 Å². The van der Waals surface area contributed by atoms with Gasteiger partial charge in [0, 0.05) is 48.9 Å². The lowest BCUT2D eigenvalue weighted by Crippen LogP contribution is -2.05. The number of nitrogens with zero attached hydrogens (tertiary/aromatic N) is 5. The number of anilines is 1. The molecule has 6 heteroatoms. The number of nitrogens with two attached hydrogens (primary N) is 1. The number of aromatic nitrogens is 5. The molecular formula is C15H16N6. The maximum Gasteiger partial charge on any atom is 0.137 e. The standard InChI is InChI=1S/C15H16N6/c1-10(15-18-4-3-14(16)20-15)11-5-12(7-17-6-11)13-8-19-21(2)9-13/h3-10H,1-2H3,(H2,16,18,20)/t10-/m0/s1. The number of hydrogen-bond donors (Lipinski definition) is 1. The van der Waals surface area contributed by atoms with E-state index in [1.54, 1.807) is 16.9 Å². The van der Waals surface area contributed by atoms with Crippen LogP contribution in [0.5, 0.6) is 0 Å². The first kappa shape index (κ1) is 13.2. The van der Waals surface area contributed by atoms with Crippen molar-refractivity contribution in [2.24, 2.45) is 7.05 Å². The molecule has 3 aromatic rings. The highest BCUT2D eigenvalue weighted by Crippen LogP contribution is 2.25. The summed E-state index contributed by atoms with van der Waals surface area (Å²) >= 11 is 0. The van der Waals surface area contributed by atoms with Crippen LogP contribution in [0.3, 0.4) is 0 Å². The molecule has 0 aliphatic rings. The van der Waals surface area contributed by atoms with Crippen LogP contribution in [0, 0.1) is 0 Å². The molecule has 3 heterocycles. The molecule has 3 aromatic heterocycles. The quantitative estimate of drug-likeness (QED) is 0.793. The van der Waals surface area contributed by atoms with E-state index in [9.17, 15) is 0 Å². The van der Waals surface area contributed by atoms with Crippen molar-refractivity contribution < 1.29 is 0 Å². The number of nitrogen functional groups attached to an aromatic ring is 1. The van der Waals surface area contributed by atoms with Crippen LogP contribution in [0.15, 0.2) is 43.1 Å². The third-order valence-electron chi connectivity index (χ3n) is 3.38. The van der Waals surface area contributed by atoms with Crippen LogP contribution in [0.4, 0.5) is 5.82 Å². The molecule has 1 atom stereocenters. The summed E-state index contributed by atoms with van der Waals surface area (Å²) < 4.78 is 1.77. The lowest BCUT2D eigenvalue weighted by atomic mass is 9.99. The molecule has 0 aliphatic heterocycles. The highest BCUT2D eigenvalue weighted by molar-refractivity contribution is 5.61. The Bertz CT molecular complexity index is 764. The van der Waals surface area contributed by atoms with Crippen molar-refractivity contribution in [1.82, 2.24) is 24.7 Å². The fourth-order valence-electron chi connectivity index (χ4n) is 2.17. The number of rotatable bonds is 3. The zero-order chi connectivity index (χ0) is 14.8. The van der Waals surface area contributed by atoms with Gasteiger partial charge < -0.3 is 5.73 Å². The highest BCUT2D eigenvalue weighted by atomic mass is 15.2. The second kappa shape index (κ2) is 5.32. The third-order valence-corrected chi connectivity index (χ3v) is 3.38. The Kier molecular flexibility index (Phi) is 3.35. The lowest BCUT2D eigenvalue weighted by molar-refractivity contribution is 0.768. The second-order valence-electron chi connectivity index (χ2n) is 4.97. The van der Waals surface area contributed by atoms with Crippen LogP contribution >= 0.6 is 0 Å². The van der Waals surface area contributed by atoms with E-state index in [4.69, 9.17) is 5.73 Å². The SMILES string of the molecule is C[C@@H](c1cncc(-c2cnn(C)c2)c1)c1nccc(N)n1. The zero-order valence-electron chi connectivity index (χ0n) is 11.9. The van der Waals surface area contributed by atoms with Gasteiger partial charge in [0.25, 0.3) is 0 Å². The fourth-order valence-corrected chi connectivity index (χ4v) is 2.17. The molecule has 0 aromatic carbocycles. The van der Waals surface area contributed by atoms with E-state index in [0.717, 1.165) is 16.7 Å². The lowest BCUT2D eigenvalue weighted by Gasteiger charge is -2.11. The summed E-state index contributed by atoms with van der Waals surface area (Å²) in [6, 6.07) is 3.77. The Hall–Kier alpha value is -2.76. The van der Waals surface area contributed by atoms with Gasteiger partial charge in [0.2, 0.25) is 0 Å². The van der Waals surface area contributed by atoms with Crippen molar-refractivity contribution >= 4 is 5.82 Å². The predicted octanol–water partition coefficient (Wildman–Crippen LogP) is 2.01. The minimum Gasteiger partial charge on any atom is -0.384 e. The van der Waals surface area contributed by atoms with Crippen molar-refractivity contribution in [2.75, 3.05) is 5.73 Å². The number of pyridine rings is 1. The molecule has 0 saturated carbocycles. The van der Waals surface area contributed by atoms with Gasteiger partial charge in [0.15, 0.2) is 0 Å². The van der Waals surface area contributed by atoms with Gasteiger partial charge >= 0.3 is 0 Å². The van der Waals surface area contributed by atoms with Gasteiger partial charge in [0.05, 0.1) is 6.20 Å². The predicted molar refractivity (Wildman–Crippen MR) is 80.4 cm³/mol. The number of hydrogen-bond acceptors (Lipinski definition) is 5. The van der Waals surface area contributed by atoms with E-state index in [2.05, 4.69) is 26.1 Å². The molecule has 0 fully saturated rings. The fraction of sp³-hybridized carbons (Fsp3) is 0.200. The first-order chi connectivity index (χ1) is 10.1. The van der Waals surface area contributed by atoms with Crippen molar-refractivity contribution in [2.45, 2.75) is 12.8 Å². The van der Waals surface area contributed by atoms with Gasteiger partial charge in [-0.15, -0.1) is 0 Å². The van der Waals surface area contributed by atoms with Gasteiger partial charge in [-0.25, -0.2) is 9.97 Å². The van der Waals surface area contributed by atoms with Gasteiger partial charge in [-0.2, -0.15) is 5.10 Å². The molecule has 3 rings (SSSR count). The monoisotopic (exact) mass is 280 g/mol. The molecule has 21 heavy (non-hydrogen) atoms. The van der Waals surface area contributed by atoms with E-state index < -0.39 is 0 Å². The first-order valence-corrected chi connectivity index (χ1v) is 6.66. The summed E-state index contributed by atoms with van der Waals surface area (Å²) in [7, 11) is 1.89. The molecule has 0 saturated heterocycles. The van der Waals surface area contributed by atoms with Crippen LogP contribution < -0.4 is 5.73 Å². The third kappa shape index (κ3) is 2.74. The molecule has 0 amide bonds. The summed E-state index contributed by atoms with van der Waals surface area (Å²) in [4.78, 5) is 12.9. The van der Waals surface area contributed by atoms with E-state index in [1.165, 1.54) is 0 Å². The Morgan fingerprint density at radius 3 is 2.76 bits per heavy atom. The molecule has 2 N–H and O–H groups in total. The van der Waals surface area contributed by atoms with Gasteiger partial charge in [-0.3, -0.25) is 9.67 Å². The molecule has 6 nitrogen and oxygen atoms in total. The van der Waals surface area contributed by atoms with Crippen molar-refractivity contribution in [3.8, 4) is 11.1 Å². The molecule has 106 valence electrons. The largest absolute Gasteiger partial charge is 0.384 e. The normalized spacial score (nSPS) is 12.3. The van der Waals surface area contributed by atoms with Gasteiger partial charge in [-0.1, -0.05) is 6.92 Å². The summed E-state index contributed by atoms with van der Waals surface area (Å²) in [5.41, 5.74) is 8.82. The summed E-state index contributed by atoms with van der Waals surface area (Å²) in [6.45, 7) is 2.04. The van der Waals surface area contributed by atoms with Crippen LogP contribution in [0.25, 0.3) is 11.1 Å². The minimum absolute atomic E-state index is 0.0256. The second-order valence-corrected chi connectivity index (χ2v) is 4.97. The molecule has 0 aliphatic carbocycles. The van der Waals surface area contributed by atoms with E-state index in [0.29, 0.717) is 11.6 Å². The first-order valence-electron chi connectivity index (χ1n) is 6.66. The topological polar surface area (TPSA) is 82.5 Å². The molecular weight excluding hydrogens is 264 g/mol. The summed E-state index contributed by atoms with van der Waals surface area (Å²) in [6.07, 6.45) is 9.11. The van der Waals surface area contributed by atoms with Crippen LogP contribution in [0.1, 0.15) is 24.2 Å². The van der Waals surface area contributed by atoms with Crippen LogP contribution in [-0.4, -0.2) is 24.7 Å². The average Bonchev–Trinajstić information content (AvgIpc) is 2.93. The average molecular weight is 280 g/mol. The molecule has 0 radical (unpaired) electrons.